The van der Waals surface area contributed by atoms with Crippen molar-refractivity contribution in [3.63, 3.8) is 0 Å². The summed E-state index contributed by atoms with van der Waals surface area (Å²) in [6.45, 7) is 2.72. The minimum absolute atomic E-state index is 0.112. The fraction of sp³-hybridized carbons (Fsp3) is 0.500. The molecule has 1 amide bonds. The summed E-state index contributed by atoms with van der Waals surface area (Å²) in [5.41, 5.74) is 0.205. The van der Waals surface area contributed by atoms with Crippen LogP contribution in [0.15, 0.2) is 18.2 Å². The number of nitriles is 1. The number of likely N-dealkylation sites (N-methyl/N-ethyl adjacent to an activating group) is 1. The summed E-state index contributed by atoms with van der Waals surface area (Å²) < 4.78 is 0. The highest BCUT2D eigenvalue weighted by Gasteiger charge is 2.43. The van der Waals surface area contributed by atoms with Crippen molar-refractivity contribution in [2.45, 2.75) is 31.8 Å². The van der Waals surface area contributed by atoms with Crippen LogP contribution in [-0.4, -0.2) is 25.0 Å². The number of carbonyl (C=O) groups excluding carboxylic acids is 1. The van der Waals surface area contributed by atoms with Gasteiger partial charge in [-0.05, 0) is 37.8 Å². The molecule has 0 spiro atoms. The van der Waals surface area contributed by atoms with Gasteiger partial charge >= 0.3 is 0 Å². The van der Waals surface area contributed by atoms with E-state index in [0.717, 1.165) is 23.3 Å². The molecule has 1 aliphatic carbocycles. The average Bonchev–Trinajstić information content (AvgIpc) is 3.26. The van der Waals surface area contributed by atoms with E-state index in [1.165, 1.54) is 0 Å². The summed E-state index contributed by atoms with van der Waals surface area (Å²) in [6.07, 6.45) is 2.01. The molecule has 0 bridgehead atoms. The first-order chi connectivity index (χ1) is 10.3. The van der Waals surface area contributed by atoms with Crippen molar-refractivity contribution in [2.75, 3.05) is 13.6 Å². The fourth-order valence-electron chi connectivity index (χ4n) is 2.54. The van der Waals surface area contributed by atoms with Gasteiger partial charge in [-0.2, -0.15) is 5.26 Å². The third-order valence-electron chi connectivity index (χ3n) is 3.99. The van der Waals surface area contributed by atoms with Crippen molar-refractivity contribution in [3.05, 3.63) is 33.8 Å². The molecule has 118 valence electrons. The Balaban J connectivity index is 1.90. The van der Waals surface area contributed by atoms with Gasteiger partial charge in [-0.25, -0.2) is 0 Å². The van der Waals surface area contributed by atoms with Gasteiger partial charge in [0.05, 0.1) is 18.1 Å². The Labute approximate surface area is 141 Å². The van der Waals surface area contributed by atoms with E-state index in [4.69, 9.17) is 23.2 Å². The number of amides is 1. The van der Waals surface area contributed by atoms with E-state index >= 15 is 0 Å². The van der Waals surface area contributed by atoms with E-state index in [9.17, 15) is 10.1 Å². The number of benzene rings is 1. The third kappa shape index (κ3) is 4.36. The van der Waals surface area contributed by atoms with Crippen LogP contribution in [0, 0.1) is 17.2 Å². The summed E-state index contributed by atoms with van der Waals surface area (Å²) >= 11 is 12.0. The number of nitrogens with zero attached hydrogens (tertiary/aromatic N) is 1. The summed E-state index contributed by atoms with van der Waals surface area (Å²) in [6, 6.07) is 7.59. The summed E-state index contributed by atoms with van der Waals surface area (Å²) in [5.74, 6) is 0.172. The van der Waals surface area contributed by atoms with Crippen molar-refractivity contribution >= 4 is 29.1 Å². The minimum atomic E-state index is -0.741. The standard InChI is InChI=1S/C16H19Cl2N3O/c1-16(10-19,12-4-5-12)20-15(22)9-21(2)8-11-3-6-13(17)7-14(11)18/h3,6-7,12H,4-5,8-9H2,1-2H3,(H,20,22)/p+1/t16-/m0/s1. The molecule has 22 heavy (non-hydrogen) atoms. The molecule has 1 unspecified atom stereocenters. The van der Waals surface area contributed by atoms with Crippen LogP contribution < -0.4 is 10.2 Å². The minimum Gasteiger partial charge on any atom is -0.333 e. The second kappa shape index (κ2) is 6.87. The molecule has 2 rings (SSSR count). The molecule has 2 atom stereocenters. The normalized spacial score (nSPS) is 18.1. The lowest BCUT2D eigenvalue weighted by Gasteiger charge is -2.23. The molecule has 0 aromatic heterocycles. The molecule has 1 aromatic carbocycles. The molecule has 0 aliphatic heterocycles. The number of halogens is 2. The van der Waals surface area contributed by atoms with Gasteiger partial charge in [0.25, 0.3) is 5.91 Å². The lowest BCUT2D eigenvalue weighted by atomic mass is 9.98. The summed E-state index contributed by atoms with van der Waals surface area (Å²) in [5, 5.41) is 13.3. The Bertz CT molecular complexity index is 610. The van der Waals surface area contributed by atoms with Crippen LogP contribution >= 0.6 is 23.2 Å². The lowest BCUT2D eigenvalue weighted by Crippen LogP contribution is -3.09. The van der Waals surface area contributed by atoms with Crippen molar-refractivity contribution in [2.24, 2.45) is 5.92 Å². The molecule has 0 heterocycles. The average molecular weight is 341 g/mol. The van der Waals surface area contributed by atoms with Crippen LogP contribution in [-0.2, 0) is 11.3 Å². The van der Waals surface area contributed by atoms with Crippen LogP contribution in [0.5, 0.6) is 0 Å². The summed E-state index contributed by atoms with van der Waals surface area (Å²) in [7, 11) is 1.92. The van der Waals surface area contributed by atoms with E-state index in [1.54, 1.807) is 19.1 Å². The predicted molar refractivity (Wildman–Crippen MR) is 86.8 cm³/mol. The number of rotatable bonds is 6. The Kier molecular flexibility index (Phi) is 5.33. The zero-order valence-corrected chi connectivity index (χ0v) is 14.3. The summed E-state index contributed by atoms with van der Waals surface area (Å²) in [4.78, 5) is 13.2. The largest absolute Gasteiger partial charge is 0.333 e. The monoisotopic (exact) mass is 340 g/mol. The van der Waals surface area contributed by atoms with Gasteiger partial charge in [0.15, 0.2) is 6.54 Å². The predicted octanol–water partition coefficient (Wildman–Crippen LogP) is 1.82. The Morgan fingerprint density at radius 2 is 2.18 bits per heavy atom. The quantitative estimate of drug-likeness (QED) is 0.829. The van der Waals surface area contributed by atoms with E-state index in [-0.39, 0.29) is 11.8 Å². The molecule has 1 aliphatic rings. The Hall–Kier alpha value is -1.28. The van der Waals surface area contributed by atoms with Crippen molar-refractivity contribution in [1.29, 1.82) is 5.26 Å². The van der Waals surface area contributed by atoms with E-state index < -0.39 is 5.54 Å². The molecule has 2 N–H and O–H groups in total. The Morgan fingerprint density at radius 3 is 2.73 bits per heavy atom. The highest BCUT2D eigenvalue weighted by molar-refractivity contribution is 6.35. The maximum absolute atomic E-state index is 12.2. The number of carbonyl (C=O) groups is 1. The van der Waals surface area contributed by atoms with Crippen molar-refractivity contribution in [3.8, 4) is 6.07 Å². The van der Waals surface area contributed by atoms with E-state index in [0.29, 0.717) is 23.1 Å². The maximum atomic E-state index is 12.2. The number of hydrogen-bond acceptors (Lipinski definition) is 2. The fourth-order valence-corrected chi connectivity index (χ4v) is 3.02. The maximum Gasteiger partial charge on any atom is 0.276 e. The SMILES string of the molecule is C[NH+](CC(=O)N[C@@](C)(C#N)C1CC1)Cc1ccc(Cl)cc1Cl. The van der Waals surface area contributed by atoms with Crippen molar-refractivity contribution in [1.82, 2.24) is 5.32 Å². The molecular formula is C16H20Cl2N3O+. The second-order valence-electron chi connectivity index (χ2n) is 6.18. The van der Waals surface area contributed by atoms with Gasteiger partial charge in [-0.3, -0.25) is 4.79 Å². The Morgan fingerprint density at radius 1 is 1.50 bits per heavy atom. The highest BCUT2D eigenvalue weighted by atomic mass is 35.5. The first-order valence-corrected chi connectivity index (χ1v) is 8.07. The molecule has 0 saturated heterocycles. The smallest absolute Gasteiger partial charge is 0.276 e. The molecule has 0 radical (unpaired) electrons. The zero-order valence-electron chi connectivity index (χ0n) is 12.7. The molecule has 1 aromatic rings. The second-order valence-corrected chi connectivity index (χ2v) is 7.03. The van der Waals surface area contributed by atoms with Gasteiger partial charge in [0, 0.05) is 10.6 Å². The zero-order chi connectivity index (χ0) is 16.3. The van der Waals surface area contributed by atoms with E-state index in [1.807, 2.05) is 13.1 Å². The molecular weight excluding hydrogens is 321 g/mol. The lowest BCUT2D eigenvalue weighted by molar-refractivity contribution is -0.885. The van der Waals surface area contributed by atoms with Crippen molar-refractivity contribution < 1.29 is 9.69 Å². The number of nitrogens with one attached hydrogen (secondary N) is 2. The molecule has 1 fully saturated rings. The van der Waals surface area contributed by atoms with Crippen LogP contribution in [0.3, 0.4) is 0 Å². The number of hydrogen-bond donors (Lipinski definition) is 2. The van der Waals surface area contributed by atoms with Crippen LogP contribution in [0.25, 0.3) is 0 Å². The van der Waals surface area contributed by atoms with Gasteiger partial charge < -0.3 is 10.2 Å². The number of quaternary nitrogens is 1. The molecule has 1 saturated carbocycles. The first-order valence-electron chi connectivity index (χ1n) is 7.31. The molecule has 4 nitrogen and oxygen atoms in total. The van der Waals surface area contributed by atoms with Crippen LogP contribution in [0.2, 0.25) is 10.0 Å². The third-order valence-corrected chi connectivity index (χ3v) is 4.58. The van der Waals surface area contributed by atoms with Crippen LogP contribution in [0.4, 0.5) is 0 Å². The topological polar surface area (TPSA) is 57.3 Å². The van der Waals surface area contributed by atoms with Gasteiger partial charge in [0.1, 0.15) is 12.1 Å². The highest BCUT2D eigenvalue weighted by Crippen LogP contribution is 2.39. The first kappa shape index (κ1) is 17.1. The van der Waals surface area contributed by atoms with Gasteiger partial charge in [0.2, 0.25) is 0 Å². The van der Waals surface area contributed by atoms with E-state index in [2.05, 4.69) is 11.4 Å². The van der Waals surface area contributed by atoms with Gasteiger partial charge in [-0.15, -0.1) is 0 Å². The molecule has 6 heteroatoms. The van der Waals surface area contributed by atoms with Gasteiger partial charge in [-0.1, -0.05) is 29.3 Å². The van der Waals surface area contributed by atoms with Crippen LogP contribution in [0.1, 0.15) is 25.3 Å².